The van der Waals surface area contributed by atoms with Crippen molar-refractivity contribution in [3.63, 3.8) is 0 Å². The molecule has 5 nitrogen and oxygen atoms in total. The van der Waals surface area contributed by atoms with Gasteiger partial charge in [0, 0.05) is 44.5 Å². The maximum Gasteiger partial charge on any atom is 0.164 e. The highest BCUT2D eigenvalue weighted by atomic mass is 15.0. The maximum absolute atomic E-state index is 5.52. The van der Waals surface area contributed by atoms with Gasteiger partial charge in [-0.05, 0) is 69.8 Å². The summed E-state index contributed by atoms with van der Waals surface area (Å²) in [6.07, 6.45) is 7.54. The van der Waals surface area contributed by atoms with Crippen LogP contribution in [0, 0.1) is 0 Å². The third-order valence-electron chi connectivity index (χ3n) is 12.4. The van der Waals surface area contributed by atoms with Gasteiger partial charge in [-0.2, -0.15) is 0 Å². The van der Waals surface area contributed by atoms with Gasteiger partial charge in [-0.25, -0.2) is 19.9 Å². The van der Waals surface area contributed by atoms with Crippen LogP contribution in [0.3, 0.4) is 0 Å². The number of aromatic nitrogens is 5. The lowest BCUT2D eigenvalue weighted by atomic mass is 9.92. The molecule has 8 aromatic carbocycles. The molecule has 63 heavy (non-hydrogen) atoms. The second-order valence-electron chi connectivity index (χ2n) is 16.1. The van der Waals surface area contributed by atoms with Crippen LogP contribution in [0.1, 0.15) is 23.7 Å². The van der Waals surface area contributed by atoms with E-state index in [4.69, 9.17) is 19.9 Å². The smallest absolute Gasteiger partial charge is 0.164 e. The summed E-state index contributed by atoms with van der Waals surface area (Å²) in [6, 6.07) is 70.4. The van der Waals surface area contributed by atoms with Gasteiger partial charge < -0.3 is 4.57 Å². The van der Waals surface area contributed by atoms with Crippen molar-refractivity contribution in [2.24, 2.45) is 0 Å². The van der Waals surface area contributed by atoms with Crippen molar-refractivity contribution in [1.82, 2.24) is 24.5 Å². The molecule has 296 valence electrons. The minimum atomic E-state index is -0.0120. The second-order valence-corrected chi connectivity index (χ2v) is 16.1. The number of benzene rings is 8. The van der Waals surface area contributed by atoms with Crippen LogP contribution in [0.5, 0.6) is 0 Å². The molecule has 1 unspecified atom stereocenters. The number of rotatable bonds is 7. The maximum atomic E-state index is 5.52. The molecule has 1 aliphatic rings. The normalized spacial score (nSPS) is 13.8. The Labute approximate surface area is 365 Å². The van der Waals surface area contributed by atoms with Crippen molar-refractivity contribution in [3.05, 3.63) is 230 Å². The van der Waals surface area contributed by atoms with E-state index < -0.39 is 0 Å². The van der Waals surface area contributed by atoms with E-state index in [1.807, 2.05) is 6.07 Å². The monoisotopic (exact) mass is 805 g/mol. The topological polar surface area (TPSA) is 56.5 Å². The lowest BCUT2D eigenvalue weighted by Crippen LogP contribution is -2.08. The second kappa shape index (κ2) is 15.3. The summed E-state index contributed by atoms with van der Waals surface area (Å²) >= 11 is 0. The lowest BCUT2D eigenvalue weighted by Gasteiger charge is -2.18. The van der Waals surface area contributed by atoms with Gasteiger partial charge in [-0.1, -0.05) is 188 Å². The predicted molar refractivity (Wildman–Crippen MR) is 260 cm³/mol. The molecule has 0 bridgehead atoms. The number of pyridine rings is 1. The number of para-hydroxylation sites is 3. The lowest BCUT2D eigenvalue weighted by molar-refractivity contribution is 0.766. The average molecular weight is 806 g/mol. The van der Waals surface area contributed by atoms with Crippen LogP contribution >= 0.6 is 0 Å². The van der Waals surface area contributed by atoms with E-state index in [1.54, 1.807) is 0 Å². The molecular weight excluding hydrogens is 767 g/mol. The molecule has 0 aliphatic heterocycles. The van der Waals surface area contributed by atoms with Gasteiger partial charge in [0.1, 0.15) is 5.82 Å². The summed E-state index contributed by atoms with van der Waals surface area (Å²) in [6.45, 7) is 0. The van der Waals surface area contributed by atoms with Gasteiger partial charge >= 0.3 is 0 Å². The fourth-order valence-corrected chi connectivity index (χ4v) is 9.33. The largest absolute Gasteiger partial charge is 0.307 e. The van der Waals surface area contributed by atoms with Crippen LogP contribution < -0.4 is 0 Å². The zero-order chi connectivity index (χ0) is 41.7. The van der Waals surface area contributed by atoms with E-state index in [9.17, 15) is 0 Å². The Morgan fingerprint density at radius 3 is 1.73 bits per heavy atom. The van der Waals surface area contributed by atoms with Crippen molar-refractivity contribution < 1.29 is 0 Å². The SMILES string of the molecule is C1=CC(c2nc(-c3ccc(-c4ccccc4)cc3)nc(-c3ccc(-c4nc5ccccc5c5c6ccccc6n(-c6ccccc6)c45)c4ccccc34)n2)CC=C1c1ccccc1. The van der Waals surface area contributed by atoms with E-state index in [-0.39, 0.29) is 5.92 Å². The summed E-state index contributed by atoms with van der Waals surface area (Å²) in [4.78, 5) is 21.3. The zero-order valence-corrected chi connectivity index (χ0v) is 34.3. The molecule has 0 fully saturated rings. The van der Waals surface area contributed by atoms with Gasteiger partial charge in [0.2, 0.25) is 0 Å². The number of fused-ring (bicyclic) bond motifs is 6. The molecule has 0 N–H and O–H groups in total. The molecule has 3 heterocycles. The van der Waals surface area contributed by atoms with Crippen LogP contribution in [-0.4, -0.2) is 24.5 Å². The molecule has 12 rings (SSSR count). The molecule has 0 spiro atoms. The Hall–Kier alpha value is -8.28. The number of hydrogen-bond acceptors (Lipinski definition) is 4. The molecule has 1 atom stereocenters. The van der Waals surface area contributed by atoms with Crippen LogP contribution in [0.15, 0.2) is 218 Å². The molecule has 1 aliphatic carbocycles. The summed E-state index contributed by atoms with van der Waals surface area (Å²) in [5.41, 5.74) is 12.9. The highest BCUT2D eigenvalue weighted by Gasteiger charge is 2.24. The fourth-order valence-electron chi connectivity index (χ4n) is 9.33. The van der Waals surface area contributed by atoms with Gasteiger partial charge in [-0.3, -0.25) is 0 Å². The summed E-state index contributed by atoms with van der Waals surface area (Å²) in [7, 11) is 0. The molecule has 11 aromatic rings. The van der Waals surface area contributed by atoms with E-state index in [1.165, 1.54) is 27.5 Å². The molecule has 0 radical (unpaired) electrons. The van der Waals surface area contributed by atoms with Crippen LogP contribution in [0.25, 0.3) is 99.9 Å². The van der Waals surface area contributed by atoms with Crippen molar-refractivity contribution >= 4 is 49.1 Å². The van der Waals surface area contributed by atoms with Crippen molar-refractivity contribution in [2.45, 2.75) is 12.3 Å². The van der Waals surface area contributed by atoms with Gasteiger partial charge in [0.05, 0.1) is 22.2 Å². The standard InChI is InChI=1S/C58H39N5/c1-4-16-38(17-5-1)40-28-32-42(33-29-40)56-60-57(43-34-30-41(31-35-43)39-18-6-2-7-19-39)62-58(61-56)48-37-36-47(45-22-10-11-23-46(45)48)54-55-53(49-24-12-14-26-51(49)59-54)50-25-13-15-27-52(50)63(55)44-20-8-3-9-21-44/h1-34,36-37,43H,35H2. The Morgan fingerprint density at radius 1 is 0.429 bits per heavy atom. The number of allylic oxidation sites excluding steroid dienone is 4. The highest BCUT2D eigenvalue weighted by molar-refractivity contribution is 6.24. The van der Waals surface area contributed by atoms with Gasteiger partial charge in [0.15, 0.2) is 11.6 Å². The highest BCUT2D eigenvalue weighted by Crippen LogP contribution is 2.44. The van der Waals surface area contributed by atoms with Crippen LogP contribution in [0.2, 0.25) is 0 Å². The predicted octanol–water partition coefficient (Wildman–Crippen LogP) is 14.5. The number of nitrogens with zero attached hydrogens (tertiary/aromatic N) is 5. The minimum absolute atomic E-state index is 0.0120. The molecule has 0 amide bonds. The Morgan fingerprint density at radius 2 is 1.00 bits per heavy atom. The zero-order valence-electron chi connectivity index (χ0n) is 34.3. The van der Waals surface area contributed by atoms with Crippen molar-refractivity contribution in [2.75, 3.05) is 0 Å². The first-order chi connectivity index (χ1) is 31.2. The van der Waals surface area contributed by atoms with Crippen molar-refractivity contribution in [3.8, 4) is 50.8 Å². The molecule has 3 aromatic heterocycles. The quantitative estimate of drug-likeness (QED) is 0.161. The molecule has 5 heteroatoms. The van der Waals surface area contributed by atoms with Gasteiger partial charge in [0.25, 0.3) is 0 Å². The Bertz CT molecular complexity index is 3570. The Kier molecular flexibility index (Phi) is 8.89. The van der Waals surface area contributed by atoms with E-state index in [0.717, 1.165) is 78.6 Å². The van der Waals surface area contributed by atoms with E-state index in [0.29, 0.717) is 11.6 Å². The van der Waals surface area contributed by atoms with Crippen LogP contribution in [0.4, 0.5) is 0 Å². The summed E-state index contributed by atoms with van der Waals surface area (Å²) in [5, 5.41) is 5.65. The van der Waals surface area contributed by atoms with Crippen LogP contribution in [-0.2, 0) is 0 Å². The summed E-state index contributed by atoms with van der Waals surface area (Å²) < 4.78 is 2.38. The Balaban J connectivity index is 1.05. The van der Waals surface area contributed by atoms with E-state index in [2.05, 4.69) is 217 Å². The first kappa shape index (κ1) is 36.6. The molecule has 0 saturated heterocycles. The third kappa shape index (κ3) is 6.41. The average Bonchev–Trinajstić information content (AvgIpc) is 3.72. The number of hydrogen-bond donors (Lipinski definition) is 0. The first-order valence-electron chi connectivity index (χ1n) is 21.5. The molecule has 0 saturated carbocycles. The first-order valence-corrected chi connectivity index (χ1v) is 21.5. The van der Waals surface area contributed by atoms with E-state index >= 15 is 0 Å². The van der Waals surface area contributed by atoms with Crippen molar-refractivity contribution in [1.29, 1.82) is 0 Å². The summed E-state index contributed by atoms with van der Waals surface area (Å²) in [5.74, 6) is 2.03. The van der Waals surface area contributed by atoms with Gasteiger partial charge in [-0.15, -0.1) is 0 Å². The minimum Gasteiger partial charge on any atom is -0.307 e. The fraction of sp³-hybridized carbons (Fsp3) is 0.0345. The molecular formula is C58H39N5. The third-order valence-corrected chi connectivity index (χ3v) is 12.4.